The largest absolute Gasteiger partial charge is 0.276 e. The van der Waals surface area contributed by atoms with E-state index < -0.39 is 0 Å². The first-order valence-electron chi connectivity index (χ1n) is 2.69. The molecule has 0 fully saturated rings. The molecule has 0 aromatic heterocycles. The van der Waals surface area contributed by atoms with Crippen molar-refractivity contribution in [3.8, 4) is 0 Å². The van der Waals surface area contributed by atoms with Gasteiger partial charge in [-0.1, -0.05) is 17.8 Å². The Morgan fingerprint density at radius 2 is 2.38 bits per heavy atom. The van der Waals surface area contributed by atoms with Gasteiger partial charge in [-0.15, -0.1) is 0 Å². The predicted octanol–water partition coefficient (Wildman–Crippen LogP) is 1.13. The lowest BCUT2D eigenvalue weighted by molar-refractivity contribution is -0.131. The summed E-state index contributed by atoms with van der Waals surface area (Å²) >= 11 is 0. The molecule has 3 heteroatoms. The second-order valence-electron chi connectivity index (χ2n) is 1.58. The Bertz CT molecular complexity index is 67.4. The van der Waals surface area contributed by atoms with E-state index in [0.717, 1.165) is 12.8 Å². The fourth-order valence-electron chi connectivity index (χ4n) is 0.362. The summed E-state index contributed by atoms with van der Waals surface area (Å²) in [5, 5.41) is 0.156. The van der Waals surface area contributed by atoms with Crippen LogP contribution in [0.1, 0.15) is 19.8 Å². The van der Waals surface area contributed by atoms with Gasteiger partial charge < -0.3 is 0 Å². The molecule has 0 aromatic carbocycles. The van der Waals surface area contributed by atoms with Gasteiger partial charge in [0, 0.05) is 0 Å². The van der Waals surface area contributed by atoms with Crippen molar-refractivity contribution in [1.29, 1.82) is 0 Å². The molecule has 0 spiro atoms. The maximum absolute atomic E-state index is 11.8. The van der Waals surface area contributed by atoms with Crippen LogP contribution in [0.4, 0.5) is 4.48 Å². The number of hydrogen-bond acceptors (Lipinski definition) is 1. The van der Waals surface area contributed by atoms with Gasteiger partial charge in [-0.25, -0.2) is 0 Å². The second kappa shape index (κ2) is 4.56. The summed E-state index contributed by atoms with van der Waals surface area (Å²) in [6, 6.07) is 0. The van der Waals surface area contributed by atoms with Crippen LogP contribution < -0.4 is 0 Å². The van der Waals surface area contributed by atoms with E-state index >= 15 is 0 Å². The van der Waals surface area contributed by atoms with Crippen molar-refractivity contribution in [1.82, 2.24) is 5.12 Å². The highest BCUT2D eigenvalue weighted by Gasteiger charge is 1.93. The maximum Gasteiger partial charge on any atom is 0.237 e. The number of carbonyl (C=O) groups is 1. The van der Waals surface area contributed by atoms with Crippen molar-refractivity contribution < 1.29 is 9.28 Å². The third-order valence-corrected chi connectivity index (χ3v) is 0.840. The summed E-state index contributed by atoms with van der Waals surface area (Å²) < 4.78 is 11.8. The van der Waals surface area contributed by atoms with Gasteiger partial charge in [-0.05, 0) is 6.42 Å². The number of unbranched alkanes of at least 4 members (excludes halogenated alkanes) is 1. The molecule has 1 amide bonds. The molecule has 0 aromatic rings. The molecule has 0 N–H and O–H groups in total. The van der Waals surface area contributed by atoms with Gasteiger partial charge in [0.15, 0.2) is 0 Å². The van der Waals surface area contributed by atoms with Gasteiger partial charge in [0.1, 0.15) is 0 Å². The lowest BCUT2D eigenvalue weighted by atomic mass is 10.3. The molecule has 0 bridgehead atoms. The number of halogens is 1. The van der Waals surface area contributed by atoms with Crippen LogP contribution in [0.2, 0.25) is 0 Å². The van der Waals surface area contributed by atoms with E-state index in [-0.39, 0.29) is 18.1 Å². The average Bonchev–Trinajstić information content (AvgIpc) is 1.83. The van der Waals surface area contributed by atoms with Gasteiger partial charge in [0.2, 0.25) is 6.41 Å². The minimum Gasteiger partial charge on any atom is -0.276 e. The topological polar surface area (TPSA) is 20.3 Å². The summed E-state index contributed by atoms with van der Waals surface area (Å²) in [6.07, 6.45) is 1.83. The lowest BCUT2D eigenvalue weighted by Gasteiger charge is -2.00. The summed E-state index contributed by atoms with van der Waals surface area (Å²) in [5.74, 6) is 0. The monoisotopic (exact) mass is 119 g/mol. The average molecular weight is 119 g/mol. The zero-order chi connectivity index (χ0) is 6.41. The van der Waals surface area contributed by atoms with E-state index in [9.17, 15) is 9.28 Å². The normalized spacial score (nSPS) is 8.75. The van der Waals surface area contributed by atoms with Crippen molar-refractivity contribution in [2.45, 2.75) is 19.8 Å². The van der Waals surface area contributed by atoms with Crippen LogP contribution in [-0.4, -0.2) is 18.1 Å². The van der Waals surface area contributed by atoms with E-state index in [1.165, 1.54) is 0 Å². The van der Waals surface area contributed by atoms with Crippen LogP contribution in [0.15, 0.2) is 0 Å². The smallest absolute Gasteiger partial charge is 0.237 e. The zero-order valence-corrected chi connectivity index (χ0v) is 4.93. The Balaban J connectivity index is 2.98. The van der Waals surface area contributed by atoms with Crippen LogP contribution in [0.25, 0.3) is 0 Å². The van der Waals surface area contributed by atoms with E-state index in [4.69, 9.17) is 0 Å². The number of amides is 1. The molecule has 0 aliphatic rings. The molecule has 0 atom stereocenters. The van der Waals surface area contributed by atoms with Crippen molar-refractivity contribution >= 4 is 6.41 Å². The first kappa shape index (κ1) is 7.40. The fourth-order valence-corrected chi connectivity index (χ4v) is 0.362. The van der Waals surface area contributed by atoms with Crippen molar-refractivity contribution in [2.75, 3.05) is 6.54 Å². The minimum atomic E-state index is 0.156. The van der Waals surface area contributed by atoms with Gasteiger partial charge >= 0.3 is 0 Å². The molecule has 8 heavy (non-hydrogen) atoms. The SMILES string of the molecule is CCCCN(F)C=O. The Labute approximate surface area is 48.2 Å². The Morgan fingerprint density at radius 1 is 1.75 bits per heavy atom. The fraction of sp³-hybridized carbons (Fsp3) is 0.800. The van der Waals surface area contributed by atoms with E-state index in [2.05, 4.69) is 0 Å². The number of hydrogen-bond donors (Lipinski definition) is 0. The molecule has 48 valence electrons. The van der Waals surface area contributed by atoms with Crippen LogP contribution in [-0.2, 0) is 4.79 Å². The predicted molar refractivity (Wildman–Crippen MR) is 28.8 cm³/mol. The lowest BCUT2D eigenvalue weighted by Crippen LogP contribution is -2.11. The zero-order valence-electron chi connectivity index (χ0n) is 4.93. The molecule has 0 saturated carbocycles. The third kappa shape index (κ3) is 3.59. The van der Waals surface area contributed by atoms with Crippen LogP contribution in [0.3, 0.4) is 0 Å². The molecular weight excluding hydrogens is 109 g/mol. The molecule has 0 unspecified atom stereocenters. The second-order valence-corrected chi connectivity index (χ2v) is 1.58. The number of nitrogens with zero attached hydrogens (tertiary/aromatic N) is 1. The summed E-state index contributed by atoms with van der Waals surface area (Å²) in [4.78, 5) is 9.56. The van der Waals surface area contributed by atoms with Gasteiger partial charge in [-0.3, -0.25) is 4.79 Å². The first-order chi connectivity index (χ1) is 3.81. The van der Waals surface area contributed by atoms with E-state index in [1.807, 2.05) is 6.92 Å². The highest BCUT2D eigenvalue weighted by atomic mass is 19.2. The minimum absolute atomic E-state index is 0.156. The first-order valence-corrected chi connectivity index (χ1v) is 2.69. The summed E-state index contributed by atoms with van der Waals surface area (Å²) in [7, 11) is 0. The Kier molecular flexibility index (Phi) is 4.21. The quantitative estimate of drug-likeness (QED) is 0.401. The molecule has 0 aliphatic carbocycles. The Morgan fingerprint density at radius 3 is 2.75 bits per heavy atom. The van der Waals surface area contributed by atoms with Crippen LogP contribution in [0.5, 0.6) is 0 Å². The molecular formula is C5H10FNO. The van der Waals surface area contributed by atoms with E-state index in [0.29, 0.717) is 0 Å². The molecule has 0 saturated heterocycles. The molecule has 0 aliphatic heterocycles. The highest BCUT2D eigenvalue weighted by molar-refractivity contribution is 5.44. The van der Waals surface area contributed by atoms with Gasteiger partial charge in [0.25, 0.3) is 0 Å². The molecule has 0 heterocycles. The van der Waals surface area contributed by atoms with Gasteiger partial charge in [0.05, 0.1) is 6.54 Å². The van der Waals surface area contributed by atoms with Crippen molar-refractivity contribution in [3.63, 3.8) is 0 Å². The van der Waals surface area contributed by atoms with Gasteiger partial charge in [-0.2, -0.15) is 5.12 Å². The summed E-state index contributed by atoms with van der Waals surface area (Å²) in [6.45, 7) is 2.17. The van der Waals surface area contributed by atoms with Crippen LogP contribution >= 0.6 is 0 Å². The number of rotatable bonds is 4. The van der Waals surface area contributed by atoms with Crippen molar-refractivity contribution in [2.24, 2.45) is 0 Å². The summed E-state index contributed by atoms with van der Waals surface area (Å²) in [5.41, 5.74) is 0. The molecule has 0 rings (SSSR count). The third-order valence-electron chi connectivity index (χ3n) is 0.840. The maximum atomic E-state index is 11.8. The Hall–Kier alpha value is -0.600. The molecule has 0 radical (unpaired) electrons. The van der Waals surface area contributed by atoms with E-state index in [1.54, 1.807) is 0 Å². The molecule has 2 nitrogen and oxygen atoms in total. The van der Waals surface area contributed by atoms with Crippen LogP contribution in [0, 0.1) is 0 Å². The highest BCUT2D eigenvalue weighted by Crippen LogP contribution is 1.90. The van der Waals surface area contributed by atoms with Crippen molar-refractivity contribution in [3.05, 3.63) is 0 Å². The number of carbonyl (C=O) groups excluding carboxylic acids is 1. The standard InChI is InChI=1S/C5H10FNO/c1-2-3-4-7(6)5-8/h5H,2-4H2,1H3.